The number of benzene rings is 1. The van der Waals surface area contributed by atoms with Gasteiger partial charge >= 0.3 is 0 Å². The summed E-state index contributed by atoms with van der Waals surface area (Å²) in [5, 5.41) is 0. The van der Waals surface area contributed by atoms with Crippen LogP contribution in [0, 0.1) is 18.3 Å². The standard InChI is InChI=1S/C13H12BrNO3S/c1-3-9-6-13(16)15(8-9)12-5-4-10(7-11(12)14)19(2,17)18/h1,4-5,7,9H,6,8H2,2H3. The molecule has 1 amide bonds. The Hall–Kier alpha value is -1.32. The molecule has 1 aliphatic rings. The summed E-state index contributed by atoms with van der Waals surface area (Å²) in [5.74, 6) is 2.44. The van der Waals surface area contributed by atoms with Crippen LogP contribution in [0.5, 0.6) is 0 Å². The van der Waals surface area contributed by atoms with Crippen LogP contribution in [0.15, 0.2) is 27.6 Å². The fraction of sp³-hybridized carbons (Fsp3) is 0.308. The molecule has 100 valence electrons. The van der Waals surface area contributed by atoms with E-state index in [2.05, 4.69) is 21.9 Å². The second-order valence-electron chi connectivity index (χ2n) is 4.46. The van der Waals surface area contributed by atoms with Gasteiger partial charge in [-0.2, -0.15) is 0 Å². The highest BCUT2D eigenvalue weighted by atomic mass is 79.9. The van der Waals surface area contributed by atoms with Crippen LogP contribution in [0.4, 0.5) is 5.69 Å². The van der Waals surface area contributed by atoms with Crippen molar-refractivity contribution >= 4 is 37.4 Å². The molecule has 4 nitrogen and oxygen atoms in total. The first-order valence-electron chi connectivity index (χ1n) is 5.59. The van der Waals surface area contributed by atoms with E-state index in [1.165, 1.54) is 12.1 Å². The minimum absolute atomic E-state index is 0.0456. The summed E-state index contributed by atoms with van der Waals surface area (Å²) in [4.78, 5) is 13.7. The lowest BCUT2D eigenvalue weighted by Crippen LogP contribution is -2.24. The van der Waals surface area contributed by atoms with Gasteiger partial charge in [0.25, 0.3) is 0 Å². The largest absolute Gasteiger partial charge is 0.310 e. The monoisotopic (exact) mass is 341 g/mol. The molecular weight excluding hydrogens is 330 g/mol. The molecule has 6 heteroatoms. The summed E-state index contributed by atoms with van der Waals surface area (Å²) in [6.45, 7) is 0.464. The highest BCUT2D eigenvalue weighted by molar-refractivity contribution is 9.10. The van der Waals surface area contributed by atoms with E-state index < -0.39 is 9.84 Å². The molecule has 1 atom stereocenters. The van der Waals surface area contributed by atoms with Crippen molar-refractivity contribution in [2.24, 2.45) is 5.92 Å². The molecule has 0 radical (unpaired) electrons. The Morgan fingerprint density at radius 1 is 1.47 bits per heavy atom. The predicted octanol–water partition coefficient (Wildman–Crippen LogP) is 1.84. The number of rotatable bonds is 2. The molecule has 1 saturated heterocycles. The number of hydrogen-bond acceptors (Lipinski definition) is 3. The van der Waals surface area contributed by atoms with Gasteiger partial charge in [0.15, 0.2) is 9.84 Å². The van der Waals surface area contributed by atoms with E-state index in [4.69, 9.17) is 6.42 Å². The first-order chi connectivity index (χ1) is 8.82. The van der Waals surface area contributed by atoms with Gasteiger partial charge in [-0.3, -0.25) is 4.79 Å². The second-order valence-corrected chi connectivity index (χ2v) is 7.33. The van der Waals surface area contributed by atoms with Gasteiger partial charge in [0.1, 0.15) is 0 Å². The zero-order valence-electron chi connectivity index (χ0n) is 10.3. The summed E-state index contributed by atoms with van der Waals surface area (Å²) in [5.41, 5.74) is 0.648. The van der Waals surface area contributed by atoms with Gasteiger partial charge in [-0.1, -0.05) is 0 Å². The van der Waals surface area contributed by atoms with Gasteiger partial charge in [-0.25, -0.2) is 8.42 Å². The third-order valence-electron chi connectivity index (χ3n) is 3.00. The lowest BCUT2D eigenvalue weighted by atomic mass is 10.1. The molecule has 0 spiro atoms. The minimum Gasteiger partial charge on any atom is -0.310 e. The van der Waals surface area contributed by atoms with Gasteiger partial charge in [0, 0.05) is 29.6 Å². The Morgan fingerprint density at radius 3 is 2.63 bits per heavy atom. The van der Waals surface area contributed by atoms with Crippen molar-refractivity contribution in [3.05, 3.63) is 22.7 Å². The molecular formula is C13H12BrNO3S. The van der Waals surface area contributed by atoms with E-state index in [-0.39, 0.29) is 16.7 Å². The number of sulfone groups is 1. The molecule has 19 heavy (non-hydrogen) atoms. The van der Waals surface area contributed by atoms with E-state index in [9.17, 15) is 13.2 Å². The Kier molecular flexibility index (Phi) is 3.70. The second kappa shape index (κ2) is 4.99. The van der Waals surface area contributed by atoms with Crippen LogP contribution < -0.4 is 4.90 Å². The number of amides is 1. The van der Waals surface area contributed by atoms with Crippen molar-refractivity contribution in [3.63, 3.8) is 0 Å². The fourth-order valence-electron chi connectivity index (χ4n) is 1.99. The smallest absolute Gasteiger partial charge is 0.228 e. The number of anilines is 1. The van der Waals surface area contributed by atoms with Crippen LogP contribution in [-0.2, 0) is 14.6 Å². The number of nitrogens with zero attached hydrogens (tertiary/aromatic N) is 1. The molecule has 1 heterocycles. The average Bonchev–Trinajstić information content (AvgIpc) is 2.69. The Labute approximate surface area is 120 Å². The predicted molar refractivity (Wildman–Crippen MR) is 76.5 cm³/mol. The van der Waals surface area contributed by atoms with Crippen LogP contribution in [0.1, 0.15) is 6.42 Å². The Balaban J connectivity index is 2.38. The third kappa shape index (κ3) is 2.82. The maximum Gasteiger partial charge on any atom is 0.228 e. The van der Waals surface area contributed by atoms with Crippen molar-refractivity contribution in [1.29, 1.82) is 0 Å². The number of hydrogen-bond donors (Lipinski definition) is 0. The highest BCUT2D eigenvalue weighted by Crippen LogP contribution is 2.33. The normalized spacial score (nSPS) is 19.5. The summed E-state index contributed by atoms with van der Waals surface area (Å²) >= 11 is 3.31. The lowest BCUT2D eigenvalue weighted by Gasteiger charge is -2.18. The zero-order chi connectivity index (χ0) is 14.2. The van der Waals surface area contributed by atoms with E-state index in [0.29, 0.717) is 23.1 Å². The topological polar surface area (TPSA) is 54.5 Å². The van der Waals surface area contributed by atoms with E-state index in [1.54, 1.807) is 11.0 Å². The van der Waals surface area contributed by atoms with Gasteiger partial charge in [-0.05, 0) is 34.1 Å². The molecule has 0 bridgehead atoms. The molecule has 0 aromatic heterocycles. The van der Waals surface area contributed by atoms with E-state index in [1.807, 2.05) is 0 Å². The third-order valence-corrected chi connectivity index (χ3v) is 4.74. The number of carbonyl (C=O) groups is 1. The van der Waals surface area contributed by atoms with Gasteiger partial charge in [0.05, 0.1) is 10.6 Å². The van der Waals surface area contributed by atoms with Crippen LogP contribution >= 0.6 is 15.9 Å². The highest BCUT2D eigenvalue weighted by Gasteiger charge is 2.30. The minimum atomic E-state index is -3.26. The Morgan fingerprint density at radius 2 is 2.16 bits per heavy atom. The first kappa shape index (κ1) is 14.1. The molecule has 1 aliphatic heterocycles. The SMILES string of the molecule is C#CC1CC(=O)N(c2ccc(S(C)(=O)=O)cc2Br)C1. The quantitative estimate of drug-likeness (QED) is 0.771. The van der Waals surface area contributed by atoms with Gasteiger partial charge in [0.2, 0.25) is 5.91 Å². The summed E-state index contributed by atoms with van der Waals surface area (Å²) in [7, 11) is -3.26. The zero-order valence-corrected chi connectivity index (χ0v) is 12.7. The van der Waals surface area contributed by atoms with E-state index in [0.717, 1.165) is 6.26 Å². The molecule has 1 aromatic carbocycles. The molecule has 1 fully saturated rings. The number of terminal acetylenes is 1. The van der Waals surface area contributed by atoms with Crippen LogP contribution in [0.2, 0.25) is 0 Å². The first-order valence-corrected chi connectivity index (χ1v) is 8.27. The van der Waals surface area contributed by atoms with Crippen molar-refractivity contribution in [1.82, 2.24) is 0 Å². The molecule has 2 rings (SSSR count). The van der Waals surface area contributed by atoms with Crippen LogP contribution in [0.25, 0.3) is 0 Å². The molecule has 0 saturated carbocycles. The molecule has 1 aromatic rings. The number of carbonyl (C=O) groups excluding carboxylic acids is 1. The Bertz CT molecular complexity index is 676. The summed E-state index contributed by atoms with van der Waals surface area (Å²) in [6, 6.07) is 4.62. The van der Waals surface area contributed by atoms with Crippen molar-refractivity contribution in [3.8, 4) is 12.3 Å². The number of halogens is 1. The molecule has 0 aliphatic carbocycles. The van der Waals surface area contributed by atoms with Gasteiger partial charge < -0.3 is 4.90 Å². The lowest BCUT2D eigenvalue weighted by molar-refractivity contribution is -0.117. The molecule has 0 N–H and O–H groups in total. The van der Waals surface area contributed by atoms with Crippen LogP contribution in [0.3, 0.4) is 0 Å². The van der Waals surface area contributed by atoms with Crippen molar-refractivity contribution in [2.75, 3.05) is 17.7 Å². The molecule has 1 unspecified atom stereocenters. The van der Waals surface area contributed by atoms with E-state index >= 15 is 0 Å². The maximum absolute atomic E-state index is 11.9. The van der Waals surface area contributed by atoms with Crippen LogP contribution in [-0.4, -0.2) is 27.1 Å². The average molecular weight is 342 g/mol. The fourth-order valence-corrected chi connectivity index (χ4v) is 3.38. The van der Waals surface area contributed by atoms with Crippen molar-refractivity contribution < 1.29 is 13.2 Å². The van der Waals surface area contributed by atoms with Crippen molar-refractivity contribution in [2.45, 2.75) is 11.3 Å². The maximum atomic E-state index is 11.9. The summed E-state index contributed by atoms with van der Waals surface area (Å²) < 4.78 is 23.5. The van der Waals surface area contributed by atoms with Gasteiger partial charge in [-0.15, -0.1) is 12.3 Å². The summed E-state index contributed by atoms with van der Waals surface area (Å²) in [6.07, 6.45) is 6.81.